The number of hydrogen-bond donors (Lipinski definition) is 1. The molecule has 2 aromatic carbocycles. The maximum Gasteiger partial charge on any atom is 0.339 e. The van der Waals surface area contributed by atoms with Crippen LogP contribution in [-0.4, -0.2) is 53.7 Å². The minimum absolute atomic E-state index is 0.262. The second kappa shape index (κ2) is 9.24. The minimum atomic E-state index is -0.937. The molecular weight excluding hydrogens is 414 g/mol. The van der Waals surface area contributed by atoms with E-state index in [1.165, 1.54) is 11.1 Å². The number of ether oxygens (including phenoxy) is 1. The summed E-state index contributed by atoms with van der Waals surface area (Å²) in [6, 6.07) is 20.4. The quantitative estimate of drug-likeness (QED) is 0.627. The summed E-state index contributed by atoms with van der Waals surface area (Å²) in [6.07, 6.45) is 3.12. The van der Waals surface area contributed by atoms with Crippen LogP contribution in [-0.2, 0) is 13.0 Å². The van der Waals surface area contributed by atoms with Crippen LogP contribution in [0.15, 0.2) is 60.7 Å². The molecule has 0 atom stereocenters. The highest BCUT2D eigenvalue weighted by Crippen LogP contribution is 2.30. The zero-order valence-corrected chi connectivity index (χ0v) is 18.9. The molecule has 1 N–H and O–H groups in total. The molecule has 6 heteroatoms. The lowest BCUT2D eigenvalue weighted by atomic mass is 9.95. The predicted octanol–water partition coefficient (Wildman–Crippen LogP) is 4.48. The fourth-order valence-corrected chi connectivity index (χ4v) is 5.05. The molecule has 170 valence electrons. The summed E-state index contributed by atoms with van der Waals surface area (Å²) < 4.78 is 5.24. The van der Waals surface area contributed by atoms with E-state index < -0.39 is 5.97 Å². The van der Waals surface area contributed by atoms with Gasteiger partial charge in [0.05, 0.1) is 12.8 Å². The first-order valence-electron chi connectivity index (χ1n) is 11.6. The minimum Gasteiger partial charge on any atom is -0.497 e. The summed E-state index contributed by atoms with van der Waals surface area (Å²) in [5, 5.41) is 9.78. The molecule has 0 amide bonds. The number of fused-ring (bicyclic) bond motifs is 1. The number of piperidine rings is 1. The van der Waals surface area contributed by atoms with Crippen molar-refractivity contribution in [3.05, 3.63) is 77.4 Å². The SMILES string of the molecule is COc1ccc(-c2ccc(C(=O)O)c(N3CCC(N4CCc5ccccc5C4)CC3)n2)cc1. The van der Waals surface area contributed by atoms with E-state index in [-0.39, 0.29) is 5.56 Å². The summed E-state index contributed by atoms with van der Waals surface area (Å²) in [5.41, 5.74) is 4.88. The summed E-state index contributed by atoms with van der Waals surface area (Å²) in [7, 11) is 1.64. The van der Waals surface area contributed by atoms with Gasteiger partial charge in [-0.15, -0.1) is 0 Å². The van der Waals surface area contributed by atoms with Crippen molar-refractivity contribution in [3.8, 4) is 17.0 Å². The molecule has 1 aromatic heterocycles. The van der Waals surface area contributed by atoms with E-state index in [1.807, 2.05) is 24.3 Å². The van der Waals surface area contributed by atoms with Crippen molar-refractivity contribution in [1.82, 2.24) is 9.88 Å². The molecule has 0 saturated carbocycles. The smallest absolute Gasteiger partial charge is 0.339 e. The zero-order chi connectivity index (χ0) is 22.8. The van der Waals surface area contributed by atoms with E-state index in [9.17, 15) is 9.90 Å². The van der Waals surface area contributed by atoms with Gasteiger partial charge in [0, 0.05) is 37.8 Å². The Morgan fingerprint density at radius 3 is 2.39 bits per heavy atom. The Morgan fingerprint density at radius 1 is 0.970 bits per heavy atom. The molecule has 0 spiro atoms. The van der Waals surface area contributed by atoms with Crippen LogP contribution >= 0.6 is 0 Å². The summed E-state index contributed by atoms with van der Waals surface area (Å²) in [5.74, 6) is 0.412. The average molecular weight is 444 g/mol. The highest BCUT2D eigenvalue weighted by molar-refractivity contribution is 5.94. The van der Waals surface area contributed by atoms with Crippen molar-refractivity contribution in [2.45, 2.75) is 31.8 Å². The number of aromatic carboxylic acids is 1. The Kier molecular flexibility index (Phi) is 6.01. The fraction of sp³-hybridized carbons (Fsp3) is 0.333. The van der Waals surface area contributed by atoms with Crippen molar-refractivity contribution < 1.29 is 14.6 Å². The fourth-order valence-electron chi connectivity index (χ4n) is 5.05. The summed E-state index contributed by atoms with van der Waals surface area (Å²) in [6.45, 7) is 3.71. The van der Waals surface area contributed by atoms with Crippen LogP contribution in [0.3, 0.4) is 0 Å². The Morgan fingerprint density at radius 2 is 1.70 bits per heavy atom. The highest BCUT2D eigenvalue weighted by atomic mass is 16.5. The van der Waals surface area contributed by atoms with E-state index >= 15 is 0 Å². The monoisotopic (exact) mass is 443 g/mol. The van der Waals surface area contributed by atoms with E-state index in [2.05, 4.69) is 34.1 Å². The molecule has 3 heterocycles. The van der Waals surface area contributed by atoms with E-state index in [0.717, 1.165) is 62.4 Å². The lowest BCUT2D eigenvalue weighted by molar-refractivity contribution is 0.0697. The number of rotatable bonds is 5. The maximum absolute atomic E-state index is 11.9. The third kappa shape index (κ3) is 4.44. The molecule has 5 rings (SSSR count). The molecule has 33 heavy (non-hydrogen) atoms. The summed E-state index contributed by atoms with van der Waals surface area (Å²) >= 11 is 0. The van der Waals surface area contributed by atoms with Crippen LogP contribution in [0.1, 0.15) is 34.3 Å². The van der Waals surface area contributed by atoms with E-state index in [0.29, 0.717) is 11.9 Å². The third-order valence-electron chi connectivity index (χ3n) is 6.93. The number of pyridine rings is 1. The topological polar surface area (TPSA) is 65.9 Å². The van der Waals surface area contributed by atoms with Crippen LogP contribution in [0.5, 0.6) is 5.75 Å². The number of carbonyl (C=O) groups is 1. The van der Waals surface area contributed by atoms with Gasteiger partial charge in [-0.1, -0.05) is 24.3 Å². The number of methoxy groups -OCH3 is 1. The lowest BCUT2D eigenvalue weighted by Gasteiger charge is -2.41. The van der Waals surface area contributed by atoms with Gasteiger partial charge in [0.2, 0.25) is 0 Å². The molecule has 0 aliphatic carbocycles. The van der Waals surface area contributed by atoms with Gasteiger partial charge in [-0.05, 0) is 66.8 Å². The summed E-state index contributed by atoms with van der Waals surface area (Å²) in [4.78, 5) is 21.5. The van der Waals surface area contributed by atoms with Crippen LogP contribution < -0.4 is 9.64 Å². The van der Waals surface area contributed by atoms with Gasteiger partial charge in [-0.25, -0.2) is 9.78 Å². The first-order chi connectivity index (χ1) is 16.1. The Balaban J connectivity index is 1.32. The van der Waals surface area contributed by atoms with Crippen molar-refractivity contribution >= 4 is 11.8 Å². The van der Waals surface area contributed by atoms with Gasteiger partial charge in [0.15, 0.2) is 0 Å². The highest BCUT2D eigenvalue weighted by Gasteiger charge is 2.29. The normalized spacial score (nSPS) is 16.9. The average Bonchev–Trinajstić information content (AvgIpc) is 2.88. The molecular formula is C27H29N3O3. The molecule has 1 fully saturated rings. The van der Waals surface area contributed by atoms with Crippen LogP contribution in [0.2, 0.25) is 0 Å². The van der Waals surface area contributed by atoms with Crippen molar-refractivity contribution in [2.24, 2.45) is 0 Å². The number of nitrogens with zero attached hydrogens (tertiary/aromatic N) is 3. The van der Waals surface area contributed by atoms with Crippen molar-refractivity contribution in [2.75, 3.05) is 31.6 Å². The second-order valence-corrected chi connectivity index (χ2v) is 8.81. The molecule has 0 radical (unpaired) electrons. The second-order valence-electron chi connectivity index (χ2n) is 8.81. The molecule has 1 saturated heterocycles. The Hall–Kier alpha value is -3.38. The Bertz CT molecular complexity index is 1140. The maximum atomic E-state index is 11.9. The van der Waals surface area contributed by atoms with Crippen LogP contribution in [0, 0.1) is 0 Å². The van der Waals surface area contributed by atoms with Crippen LogP contribution in [0.4, 0.5) is 5.82 Å². The van der Waals surface area contributed by atoms with Crippen molar-refractivity contribution in [1.29, 1.82) is 0 Å². The van der Waals surface area contributed by atoms with Gasteiger partial charge < -0.3 is 14.7 Å². The number of carboxylic acid groups (broad SMARTS) is 1. The van der Waals surface area contributed by atoms with Gasteiger partial charge in [0.1, 0.15) is 17.1 Å². The Labute approximate surface area is 194 Å². The molecule has 0 bridgehead atoms. The zero-order valence-electron chi connectivity index (χ0n) is 18.9. The van der Waals surface area contributed by atoms with E-state index in [4.69, 9.17) is 9.72 Å². The predicted molar refractivity (Wildman–Crippen MR) is 129 cm³/mol. The van der Waals surface area contributed by atoms with Gasteiger partial charge in [0.25, 0.3) is 0 Å². The molecule has 3 aromatic rings. The van der Waals surface area contributed by atoms with Gasteiger partial charge in [-0.3, -0.25) is 4.90 Å². The number of carboxylic acids is 1. The van der Waals surface area contributed by atoms with Gasteiger partial charge in [-0.2, -0.15) is 0 Å². The molecule has 2 aliphatic rings. The standard InChI is InChI=1S/C27H29N3O3/c1-33-23-8-6-20(7-9-23)25-11-10-24(27(31)32)26(28-25)29-16-13-22(14-17-29)30-15-12-19-4-2-3-5-21(19)18-30/h2-11,22H,12-18H2,1H3,(H,31,32). The van der Waals surface area contributed by atoms with Crippen LogP contribution in [0.25, 0.3) is 11.3 Å². The largest absolute Gasteiger partial charge is 0.497 e. The first-order valence-corrected chi connectivity index (χ1v) is 11.6. The van der Waals surface area contributed by atoms with Crippen molar-refractivity contribution in [3.63, 3.8) is 0 Å². The molecule has 6 nitrogen and oxygen atoms in total. The third-order valence-corrected chi connectivity index (χ3v) is 6.93. The van der Waals surface area contributed by atoms with Gasteiger partial charge >= 0.3 is 5.97 Å². The number of aromatic nitrogens is 1. The lowest BCUT2D eigenvalue weighted by Crippen LogP contribution is -2.47. The number of hydrogen-bond acceptors (Lipinski definition) is 5. The van der Waals surface area contributed by atoms with E-state index in [1.54, 1.807) is 19.2 Å². The molecule has 2 aliphatic heterocycles. The first kappa shape index (κ1) is 21.5. The molecule has 0 unspecified atom stereocenters. The number of anilines is 1. The number of benzene rings is 2.